The Kier molecular flexibility index (Phi) is 10.6. The smallest absolute Gasteiger partial charge is 0.0467 e. The van der Waals surface area contributed by atoms with Crippen LogP contribution in [0.15, 0.2) is 267 Å². The predicted molar refractivity (Wildman–Crippen MR) is 322 cm³/mol. The maximum Gasteiger partial charge on any atom is 0.0467 e. The predicted octanol–water partition coefficient (Wildman–Crippen LogP) is 20.5. The molecule has 0 atom stereocenters. The lowest BCUT2D eigenvalue weighted by Crippen LogP contribution is -2.16. The Morgan fingerprint density at radius 3 is 1.00 bits per heavy atom. The Hall–Kier alpha value is -9.24. The molecule has 76 heavy (non-hydrogen) atoms. The summed E-state index contributed by atoms with van der Waals surface area (Å²) in [6, 6.07) is 98.7. The fraction of sp³-hybridized carbons (Fsp3) is 0.0811. The van der Waals surface area contributed by atoms with E-state index >= 15 is 0 Å². The lowest BCUT2D eigenvalue weighted by molar-refractivity contribution is 0.661. The Labute approximate surface area is 446 Å². The van der Waals surface area contributed by atoms with Gasteiger partial charge in [0.2, 0.25) is 0 Å². The van der Waals surface area contributed by atoms with E-state index in [1.54, 1.807) is 0 Å². The second-order valence-electron chi connectivity index (χ2n) is 21.7. The molecule has 0 N–H and O–H groups in total. The van der Waals surface area contributed by atoms with Crippen molar-refractivity contribution < 1.29 is 0 Å². The van der Waals surface area contributed by atoms with Crippen molar-refractivity contribution in [3.8, 4) is 55.6 Å². The maximum absolute atomic E-state index is 2.44. The molecule has 12 aromatic rings. The molecule has 2 aliphatic carbocycles. The summed E-state index contributed by atoms with van der Waals surface area (Å²) in [4.78, 5) is 4.86. The van der Waals surface area contributed by atoms with Crippen LogP contribution in [-0.2, 0) is 10.8 Å². The van der Waals surface area contributed by atoms with E-state index in [4.69, 9.17) is 0 Å². The highest BCUT2D eigenvalue weighted by Crippen LogP contribution is 2.55. The Morgan fingerprint density at radius 2 is 0.579 bits per heavy atom. The van der Waals surface area contributed by atoms with Crippen LogP contribution in [0.25, 0.3) is 77.2 Å². The van der Waals surface area contributed by atoms with E-state index in [9.17, 15) is 0 Å². The van der Waals surface area contributed by atoms with Crippen LogP contribution in [-0.4, -0.2) is 0 Å². The molecule has 0 aliphatic heterocycles. The molecule has 14 rings (SSSR count). The van der Waals surface area contributed by atoms with Gasteiger partial charge in [0.1, 0.15) is 0 Å². The normalized spacial score (nSPS) is 13.5. The lowest BCUT2D eigenvalue weighted by Gasteiger charge is -2.29. The van der Waals surface area contributed by atoms with E-state index in [1.165, 1.54) is 88.3 Å². The molecule has 0 aromatic heterocycles. The fourth-order valence-electron chi connectivity index (χ4n) is 12.7. The standard InChI is InChI=1S/C74H56N2/c1-73(2)67-43-33-53-21-11-13-27-63(53)71(67)65-41-39-61(47-69(65)73)75(59-25-15-23-55(45-59)49-17-7-5-8-18-49)57-35-29-51(30-36-57)52-31-37-58(38-32-52)76(60-26-16-24-56(46-60)50-19-9-6-10-20-50)62-40-42-66-70(48-62)74(3,4)68-44-34-54-22-12-14-28-64(54)72(66)68/h5-48H,1-4H3. The summed E-state index contributed by atoms with van der Waals surface area (Å²) in [6.07, 6.45) is 0. The molecule has 0 spiro atoms. The zero-order valence-corrected chi connectivity index (χ0v) is 43.3. The van der Waals surface area contributed by atoms with Crippen LogP contribution in [0.2, 0.25) is 0 Å². The van der Waals surface area contributed by atoms with Crippen LogP contribution in [0.1, 0.15) is 49.9 Å². The van der Waals surface area contributed by atoms with Crippen molar-refractivity contribution in [1.82, 2.24) is 0 Å². The molecule has 0 amide bonds. The van der Waals surface area contributed by atoms with Crippen LogP contribution < -0.4 is 9.80 Å². The van der Waals surface area contributed by atoms with Gasteiger partial charge in [0.15, 0.2) is 0 Å². The van der Waals surface area contributed by atoms with Crippen LogP contribution in [0, 0.1) is 0 Å². The molecule has 0 saturated carbocycles. The Morgan fingerprint density at radius 1 is 0.237 bits per heavy atom. The zero-order valence-electron chi connectivity index (χ0n) is 43.3. The van der Waals surface area contributed by atoms with Gasteiger partial charge in [-0.25, -0.2) is 0 Å². The van der Waals surface area contributed by atoms with Gasteiger partial charge in [-0.3, -0.25) is 0 Å². The molecule has 12 aromatic carbocycles. The molecule has 2 aliphatic rings. The summed E-state index contributed by atoms with van der Waals surface area (Å²) < 4.78 is 0. The van der Waals surface area contributed by atoms with Crippen LogP contribution in [0.4, 0.5) is 34.1 Å². The number of nitrogens with zero attached hydrogens (tertiary/aromatic N) is 2. The average molecular weight is 973 g/mol. The first kappa shape index (κ1) is 45.4. The third-order valence-corrected chi connectivity index (χ3v) is 16.6. The van der Waals surface area contributed by atoms with E-state index in [0.29, 0.717) is 0 Å². The monoisotopic (exact) mass is 972 g/mol. The molecule has 0 radical (unpaired) electrons. The summed E-state index contributed by atoms with van der Waals surface area (Å²) in [7, 11) is 0. The first-order chi connectivity index (χ1) is 37.2. The van der Waals surface area contributed by atoms with E-state index in [-0.39, 0.29) is 10.8 Å². The summed E-state index contributed by atoms with van der Waals surface area (Å²) in [5.74, 6) is 0. The van der Waals surface area contributed by atoms with Crippen molar-refractivity contribution in [3.05, 3.63) is 289 Å². The Balaban J connectivity index is 0.845. The van der Waals surface area contributed by atoms with Crippen molar-refractivity contribution in [2.45, 2.75) is 38.5 Å². The number of benzene rings is 12. The molecule has 0 unspecified atom stereocenters. The summed E-state index contributed by atoms with van der Waals surface area (Å²) in [6.45, 7) is 9.52. The summed E-state index contributed by atoms with van der Waals surface area (Å²) in [5, 5.41) is 5.18. The van der Waals surface area contributed by atoms with Crippen LogP contribution in [0.3, 0.4) is 0 Å². The summed E-state index contributed by atoms with van der Waals surface area (Å²) in [5.41, 5.74) is 24.2. The molecule has 0 fully saturated rings. The number of fused-ring (bicyclic) bond motifs is 10. The van der Waals surface area contributed by atoms with E-state index in [2.05, 4.69) is 304 Å². The molecule has 2 nitrogen and oxygen atoms in total. The minimum atomic E-state index is -0.170. The first-order valence-corrected chi connectivity index (χ1v) is 26.7. The lowest BCUT2D eigenvalue weighted by atomic mass is 9.82. The Bertz CT molecular complexity index is 3930. The third kappa shape index (κ3) is 7.39. The van der Waals surface area contributed by atoms with Crippen molar-refractivity contribution in [2.75, 3.05) is 9.80 Å². The van der Waals surface area contributed by atoms with Gasteiger partial charge in [0.25, 0.3) is 0 Å². The SMILES string of the molecule is CC1(C)c2cc(N(c3ccc(-c4ccc(N(c5cccc(-c6ccccc6)c5)c5ccc6c(c5)C(C)(C)c5ccc7ccccc7c5-6)cc4)cc3)c3cccc(-c4ccccc4)c3)ccc2-c2c1ccc1ccccc21. The van der Waals surface area contributed by atoms with Gasteiger partial charge in [-0.05, 0) is 172 Å². The molecule has 2 heteroatoms. The highest BCUT2D eigenvalue weighted by molar-refractivity contribution is 6.04. The van der Waals surface area contributed by atoms with Gasteiger partial charge >= 0.3 is 0 Å². The van der Waals surface area contributed by atoms with Gasteiger partial charge < -0.3 is 9.80 Å². The number of anilines is 6. The number of hydrogen-bond donors (Lipinski definition) is 0. The van der Waals surface area contributed by atoms with Crippen molar-refractivity contribution in [1.29, 1.82) is 0 Å². The van der Waals surface area contributed by atoms with E-state index < -0.39 is 0 Å². The van der Waals surface area contributed by atoms with Crippen LogP contribution >= 0.6 is 0 Å². The highest BCUT2D eigenvalue weighted by atomic mass is 15.1. The van der Waals surface area contributed by atoms with Crippen LogP contribution in [0.5, 0.6) is 0 Å². The quantitative estimate of drug-likeness (QED) is 0.142. The molecule has 0 bridgehead atoms. The molecule has 0 saturated heterocycles. The summed E-state index contributed by atoms with van der Waals surface area (Å²) >= 11 is 0. The fourth-order valence-corrected chi connectivity index (χ4v) is 12.7. The van der Waals surface area contributed by atoms with Gasteiger partial charge in [0, 0.05) is 45.0 Å². The second-order valence-corrected chi connectivity index (χ2v) is 21.7. The minimum absolute atomic E-state index is 0.170. The molecule has 0 heterocycles. The average Bonchev–Trinajstić information content (AvgIpc) is 3.89. The number of hydrogen-bond acceptors (Lipinski definition) is 2. The maximum atomic E-state index is 2.44. The molecular weight excluding hydrogens is 917 g/mol. The van der Waals surface area contributed by atoms with Crippen molar-refractivity contribution in [2.24, 2.45) is 0 Å². The van der Waals surface area contributed by atoms with Gasteiger partial charge in [-0.1, -0.05) is 222 Å². The van der Waals surface area contributed by atoms with Gasteiger partial charge in [0.05, 0.1) is 0 Å². The topological polar surface area (TPSA) is 6.48 Å². The minimum Gasteiger partial charge on any atom is -0.310 e. The molecule has 362 valence electrons. The second kappa shape index (κ2) is 17.7. The zero-order chi connectivity index (χ0) is 51.1. The van der Waals surface area contributed by atoms with Gasteiger partial charge in [-0.15, -0.1) is 0 Å². The van der Waals surface area contributed by atoms with Crippen molar-refractivity contribution in [3.63, 3.8) is 0 Å². The molecular formula is C74H56N2. The first-order valence-electron chi connectivity index (χ1n) is 26.7. The number of rotatable bonds is 9. The third-order valence-electron chi connectivity index (χ3n) is 16.6. The van der Waals surface area contributed by atoms with Crippen molar-refractivity contribution >= 4 is 55.7 Å². The van der Waals surface area contributed by atoms with Gasteiger partial charge in [-0.2, -0.15) is 0 Å². The van der Waals surface area contributed by atoms with E-state index in [1.807, 2.05) is 0 Å². The van der Waals surface area contributed by atoms with E-state index in [0.717, 1.165) is 45.3 Å². The highest BCUT2D eigenvalue weighted by Gasteiger charge is 2.38. The largest absolute Gasteiger partial charge is 0.310 e.